The van der Waals surface area contributed by atoms with E-state index in [1.807, 2.05) is 11.8 Å². The maximum atomic E-state index is 12.0. The summed E-state index contributed by atoms with van der Waals surface area (Å²) in [7, 11) is 0. The standard InChI is InChI=1S/C15H20ClN3O2/c1-10(17)11-6-7-19(8-11)9-14(20)18-15(21)12-4-2-3-5-13(12)16/h2-5,10-11H,6-9,17H2,1H3,(H,18,20,21). The van der Waals surface area contributed by atoms with E-state index < -0.39 is 5.91 Å². The van der Waals surface area contributed by atoms with Crippen molar-refractivity contribution in [1.29, 1.82) is 0 Å². The molecule has 2 rings (SSSR count). The van der Waals surface area contributed by atoms with Crippen molar-refractivity contribution in [2.24, 2.45) is 11.7 Å². The highest BCUT2D eigenvalue weighted by molar-refractivity contribution is 6.34. The van der Waals surface area contributed by atoms with Gasteiger partial charge in [0.1, 0.15) is 0 Å². The third-order valence-corrected chi connectivity index (χ3v) is 4.12. The second kappa shape index (κ2) is 7.02. The molecule has 2 atom stereocenters. The van der Waals surface area contributed by atoms with Crippen LogP contribution >= 0.6 is 11.6 Å². The van der Waals surface area contributed by atoms with Crippen molar-refractivity contribution >= 4 is 23.4 Å². The maximum absolute atomic E-state index is 12.0. The van der Waals surface area contributed by atoms with Gasteiger partial charge in [-0.25, -0.2) is 0 Å². The number of halogens is 1. The van der Waals surface area contributed by atoms with Gasteiger partial charge in [-0.2, -0.15) is 0 Å². The Morgan fingerprint density at radius 3 is 2.81 bits per heavy atom. The molecule has 0 aromatic heterocycles. The number of amides is 2. The molecule has 1 aromatic rings. The van der Waals surface area contributed by atoms with Gasteiger partial charge in [0.05, 0.1) is 17.1 Å². The van der Waals surface area contributed by atoms with E-state index in [1.54, 1.807) is 24.3 Å². The first-order valence-electron chi connectivity index (χ1n) is 7.04. The summed E-state index contributed by atoms with van der Waals surface area (Å²) in [5.41, 5.74) is 6.18. The van der Waals surface area contributed by atoms with Crippen LogP contribution in [-0.4, -0.2) is 42.4 Å². The SMILES string of the molecule is CC(N)C1CCN(CC(=O)NC(=O)c2ccccc2Cl)C1. The second-order valence-electron chi connectivity index (χ2n) is 5.50. The highest BCUT2D eigenvalue weighted by Crippen LogP contribution is 2.18. The van der Waals surface area contributed by atoms with Crippen LogP contribution in [0.15, 0.2) is 24.3 Å². The molecule has 2 amide bonds. The maximum Gasteiger partial charge on any atom is 0.259 e. The van der Waals surface area contributed by atoms with E-state index in [2.05, 4.69) is 5.32 Å². The Hall–Kier alpha value is -1.43. The normalized spacial score (nSPS) is 20.2. The molecular formula is C15H20ClN3O2. The zero-order valence-corrected chi connectivity index (χ0v) is 12.8. The summed E-state index contributed by atoms with van der Waals surface area (Å²) in [4.78, 5) is 25.9. The van der Waals surface area contributed by atoms with Crippen molar-refractivity contribution in [3.63, 3.8) is 0 Å². The van der Waals surface area contributed by atoms with Crippen LogP contribution in [0.2, 0.25) is 5.02 Å². The number of nitrogens with one attached hydrogen (secondary N) is 1. The number of carbonyl (C=O) groups excluding carboxylic acids is 2. The Morgan fingerprint density at radius 1 is 1.48 bits per heavy atom. The van der Waals surface area contributed by atoms with Gasteiger partial charge in [0, 0.05) is 12.6 Å². The van der Waals surface area contributed by atoms with Crippen molar-refractivity contribution < 1.29 is 9.59 Å². The van der Waals surface area contributed by atoms with E-state index in [0.717, 1.165) is 19.5 Å². The molecule has 114 valence electrons. The van der Waals surface area contributed by atoms with Crippen LogP contribution in [0.5, 0.6) is 0 Å². The van der Waals surface area contributed by atoms with Crippen molar-refractivity contribution in [3.05, 3.63) is 34.9 Å². The van der Waals surface area contributed by atoms with Gasteiger partial charge < -0.3 is 5.73 Å². The van der Waals surface area contributed by atoms with Gasteiger partial charge in [-0.3, -0.25) is 19.8 Å². The molecule has 0 radical (unpaired) electrons. The number of nitrogens with zero attached hydrogens (tertiary/aromatic N) is 1. The fourth-order valence-corrected chi connectivity index (χ4v) is 2.74. The lowest BCUT2D eigenvalue weighted by Crippen LogP contribution is -2.40. The Labute approximate surface area is 129 Å². The van der Waals surface area contributed by atoms with Crippen molar-refractivity contribution in [2.75, 3.05) is 19.6 Å². The van der Waals surface area contributed by atoms with Crippen LogP contribution in [0.1, 0.15) is 23.7 Å². The number of benzene rings is 1. The zero-order valence-electron chi connectivity index (χ0n) is 12.0. The molecular weight excluding hydrogens is 290 g/mol. The number of nitrogens with two attached hydrogens (primary N) is 1. The number of rotatable bonds is 4. The van der Waals surface area contributed by atoms with E-state index in [-0.39, 0.29) is 18.5 Å². The van der Waals surface area contributed by atoms with Gasteiger partial charge in [0.25, 0.3) is 5.91 Å². The van der Waals surface area contributed by atoms with E-state index >= 15 is 0 Å². The molecule has 1 aromatic carbocycles. The molecule has 1 fully saturated rings. The predicted octanol–water partition coefficient (Wildman–Crippen LogP) is 1.27. The average Bonchev–Trinajstić information content (AvgIpc) is 2.87. The van der Waals surface area contributed by atoms with E-state index in [9.17, 15) is 9.59 Å². The third-order valence-electron chi connectivity index (χ3n) is 3.79. The molecule has 5 nitrogen and oxygen atoms in total. The minimum atomic E-state index is -0.464. The molecule has 1 aliphatic rings. The second-order valence-corrected chi connectivity index (χ2v) is 5.91. The smallest absolute Gasteiger partial charge is 0.259 e. The summed E-state index contributed by atoms with van der Waals surface area (Å²) < 4.78 is 0. The summed E-state index contributed by atoms with van der Waals surface area (Å²) in [6.07, 6.45) is 0.989. The number of carbonyl (C=O) groups is 2. The van der Waals surface area contributed by atoms with Crippen LogP contribution < -0.4 is 11.1 Å². The van der Waals surface area contributed by atoms with Gasteiger partial charge >= 0.3 is 0 Å². The minimum Gasteiger partial charge on any atom is -0.328 e. The Balaban J connectivity index is 1.85. The lowest BCUT2D eigenvalue weighted by Gasteiger charge is -2.17. The lowest BCUT2D eigenvalue weighted by molar-refractivity contribution is -0.121. The van der Waals surface area contributed by atoms with Crippen LogP contribution in [0, 0.1) is 5.92 Å². The lowest BCUT2D eigenvalue weighted by atomic mass is 10.0. The molecule has 3 N–H and O–H groups in total. The van der Waals surface area contributed by atoms with Gasteiger partial charge in [0.2, 0.25) is 5.91 Å². The summed E-state index contributed by atoms with van der Waals surface area (Å²) in [5.74, 6) is -0.365. The molecule has 0 saturated carbocycles. The summed E-state index contributed by atoms with van der Waals surface area (Å²) in [6, 6.07) is 6.78. The highest BCUT2D eigenvalue weighted by Gasteiger charge is 2.26. The van der Waals surface area contributed by atoms with Crippen molar-refractivity contribution in [1.82, 2.24) is 10.2 Å². The first-order chi connectivity index (χ1) is 9.97. The first kappa shape index (κ1) is 15.9. The van der Waals surface area contributed by atoms with Crippen molar-refractivity contribution in [2.45, 2.75) is 19.4 Å². The van der Waals surface area contributed by atoms with Crippen LogP contribution in [0.3, 0.4) is 0 Å². The molecule has 6 heteroatoms. The number of likely N-dealkylation sites (tertiary alicyclic amines) is 1. The Kier molecular flexibility index (Phi) is 5.33. The van der Waals surface area contributed by atoms with Crippen molar-refractivity contribution in [3.8, 4) is 0 Å². The molecule has 2 unspecified atom stereocenters. The third kappa shape index (κ3) is 4.27. The van der Waals surface area contributed by atoms with Gasteiger partial charge in [-0.05, 0) is 37.9 Å². The molecule has 1 saturated heterocycles. The number of imide groups is 1. The van der Waals surface area contributed by atoms with E-state index in [4.69, 9.17) is 17.3 Å². The highest BCUT2D eigenvalue weighted by atomic mass is 35.5. The van der Waals surface area contributed by atoms with Gasteiger partial charge in [-0.15, -0.1) is 0 Å². The molecule has 0 aliphatic carbocycles. The largest absolute Gasteiger partial charge is 0.328 e. The topological polar surface area (TPSA) is 75.4 Å². The van der Waals surface area contributed by atoms with E-state index in [1.165, 1.54) is 0 Å². The predicted molar refractivity (Wildman–Crippen MR) is 82.1 cm³/mol. The fourth-order valence-electron chi connectivity index (χ4n) is 2.52. The summed E-state index contributed by atoms with van der Waals surface area (Å²) >= 11 is 5.93. The average molecular weight is 310 g/mol. The van der Waals surface area contributed by atoms with Crippen LogP contribution in [0.25, 0.3) is 0 Å². The molecule has 0 bridgehead atoms. The van der Waals surface area contributed by atoms with Crippen LogP contribution in [-0.2, 0) is 4.79 Å². The molecule has 1 aliphatic heterocycles. The zero-order chi connectivity index (χ0) is 15.4. The monoisotopic (exact) mass is 309 g/mol. The van der Waals surface area contributed by atoms with Crippen LogP contribution in [0.4, 0.5) is 0 Å². The summed E-state index contributed by atoms with van der Waals surface area (Å²) in [5, 5.41) is 2.71. The van der Waals surface area contributed by atoms with Gasteiger partial charge in [-0.1, -0.05) is 23.7 Å². The van der Waals surface area contributed by atoms with E-state index in [0.29, 0.717) is 16.5 Å². The fraction of sp³-hybridized carbons (Fsp3) is 0.467. The number of hydrogen-bond acceptors (Lipinski definition) is 4. The van der Waals surface area contributed by atoms with Gasteiger partial charge in [0.15, 0.2) is 0 Å². The minimum absolute atomic E-state index is 0.128. The Morgan fingerprint density at radius 2 is 2.19 bits per heavy atom. The first-order valence-corrected chi connectivity index (χ1v) is 7.42. The molecule has 1 heterocycles. The number of hydrogen-bond donors (Lipinski definition) is 2. The quantitative estimate of drug-likeness (QED) is 0.878. The molecule has 21 heavy (non-hydrogen) atoms. The molecule has 0 spiro atoms. The Bertz CT molecular complexity index is 533. The summed E-state index contributed by atoms with van der Waals surface area (Å²) in [6.45, 7) is 3.82.